The van der Waals surface area contributed by atoms with E-state index in [2.05, 4.69) is 35.9 Å². The van der Waals surface area contributed by atoms with Gasteiger partial charge < -0.3 is 9.84 Å². The molecule has 1 aromatic carbocycles. The second kappa shape index (κ2) is 5.18. The molecule has 0 saturated heterocycles. The molecule has 0 fully saturated rings. The van der Waals surface area contributed by atoms with Gasteiger partial charge in [-0.1, -0.05) is 17.3 Å². The zero-order chi connectivity index (χ0) is 11.4. The number of nitrogens with zero attached hydrogens (tertiary/aromatic N) is 2. The van der Waals surface area contributed by atoms with Gasteiger partial charge in [0.1, 0.15) is 5.82 Å². The lowest BCUT2D eigenvalue weighted by Gasteiger charge is -2.05. The summed E-state index contributed by atoms with van der Waals surface area (Å²) in [6, 6.07) is 4.93. The molecular weight excluding hydrogens is 277 g/mol. The highest BCUT2D eigenvalue weighted by molar-refractivity contribution is 9.10. The molecule has 0 spiro atoms. The summed E-state index contributed by atoms with van der Waals surface area (Å²) in [5.41, 5.74) is 0.850. The lowest BCUT2D eigenvalue weighted by atomic mass is 10.2. The molecule has 84 valence electrons. The van der Waals surface area contributed by atoms with Gasteiger partial charge in [-0.15, -0.1) is 0 Å². The minimum Gasteiger partial charge on any atom is -0.343 e. The van der Waals surface area contributed by atoms with E-state index in [9.17, 15) is 4.39 Å². The molecule has 0 aliphatic rings. The van der Waals surface area contributed by atoms with E-state index in [0.717, 1.165) is 5.56 Å². The van der Waals surface area contributed by atoms with Crippen LogP contribution in [-0.4, -0.2) is 10.1 Å². The average molecular weight is 286 g/mol. The van der Waals surface area contributed by atoms with E-state index in [1.165, 1.54) is 12.5 Å². The highest BCUT2D eigenvalue weighted by Gasteiger charge is 2.05. The lowest BCUT2D eigenvalue weighted by Crippen LogP contribution is -2.14. The lowest BCUT2D eigenvalue weighted by molar-refractivity contribution is 0.407. The van der Waals surface area contributed by atoms with Crippen LogP contribution in [0.2, 0.25) is 0 Å². The predicted octanol–water partition coefficient (Wildman–Crippen LogP) is 2.26. The third kappa shape index (κ3) is 2.65. The van der Waals surface area contributed by atoms with Crippen molar-refractivity contribution in [3.05, 3.63) is 46.3 Å². The summed E-state index contributed by atoms with van der Waals surface area (Å²) in [6.07, 6.45) is 1.27. The fraction of sp³-hybridized carbons (Fsp3) is 0.200. The number of aromatic nitrogens is 2. The number of benzene rings is 1. The second-order valence-electron chi connectivity index (χ2n) is 3.16. The standard InChI is InChI=1S/C10H9BrFN3O/c11-10-7(2-1-3-8(10)12)4-13-5-9-14-6-16-15-9/h1-3,6,13H,4-5H2. The first kappa shape index (κ1) is 11.2. The van der Waals surface area contributed by atoms with Crippen molar-refractivity contribution in [3.8, 4) is 0 Å². The van der Waals surface area contributed by atoms with Gasteiger partial charge in [-0.2, -0.15) is 4.98 Å². The Balaban J connectivity index is 1.92. The van der Waals surface area contributed by atoms with Crippen molar-refractivity contribution in [3.63, 3.8) is 0 Å². The van der Waals surface area contributed by atoms with Crippen LogP contribution in [0.5, 0.6) is 0 Å². The van der Waals surface area contributed by atoms with E-state index < -0.39 is 0 Å². The highest BCUT2D eigenvalue weighted by Crippen LogP contribution is 2.20. The minimum atomic E-state index is -0.265. The van der Waals surface area contributed by atoms with Crippen LogP contribution in [0.15, 0.2) is 33.6 Å². The number of hydrogen-bond acceptors (Lipinski definition) is 4. The van der Waals surface area contributed by atoms with Crippen molar-refractivity contribution in [1.82, 2.24) is 15.5 Å². The van der Waals surface area contributed by atoms with Gasteiger partial charge in [0.15, 0.2) is 5.82 Å². The Morgan fingerprint density at radius 1 is 1.38 bits per heavy atom. The van der Waals surface area contributed by atoms with Crippen molar-refractivity contribution in [2.75, 3.05) is 0 Å². The summed E-state index contributed by atoms with van der Waals surface area (Å²) in [6.45, 7) is 1.02. The van der Waals surface area contributed by atoms with E-state index in [4.69, 9.17) is 0 Å². The van der Waals surface area contributed by atoms with Gasteiger partial charge in [0.25, 0.3) is 0 Å². The Kier molecular flexibility index (Phi) is 3.63. The maximum atomic E-state index is 13.2. The van der Waals surface area contributed by atoms with Gasteiger partial charge in [0.05, 0.1) is 11.0 Å². The highest BCUT2D eigenvalue weighted by atomic mass is 79.9. The molecule has 0 atom stereocenters. The van der Waals surface area contributed by atoms with Crippen LogP contribution < -0.4 is 5.32 Å². The molecule has 2 aromatic rings. The molecule has 0 amide bonds. The van der Waals surface area contributed by atoms with Crippen LogP contribution in [0.1, 0.15) is 11.4 Å². The molecule has 0 aliphatic heterocycles. The van der Waals surface area contributed by atoms with Crippen LogP contribution in [-0.2, 0) is 13.1 Å². The Morgan fingerprint density at radius 3 is 3.00 bits per heavy atom. The molecule has 2 rings (SSSR count). The number of nitrogens with one attached hydrogen (secondary N) is 1. The third-order valence-corrected chi connectivity index (χ3v) is 2.93. The van der Waals surface area contributed by atoms with E-state index in [1.807, 2.05) is 6.07 Å². The third-order valence-electron chi connectivity index (χ3n) is 2.04. The smallest absolute Gasteiger partial charge is 0.213 e. The first-order valence-electron chi connectivity index (χ1n) is 4.66. The zero-order valence-corrected chi connectivity index (χ0v) is 9.87. The molecule has 0 saturated carbocycles. The largest absolute Gasteiger partial charge is 0.343 e. The molecule has 1 N–H and O–H groups in total. The van der Waals surface area contributed by atoms with E-state index in [-0.39, 0.29) is 5.82 Å². The quantitative estimate of drug-likeness (QED) is 0.936. The molecule has 0 unspecified atom stereocenters. The summed E-state index contributed by atoms with van der Waals surface area (Å²) in [5.74, 6) is 0.311. The van der Waals surface area contributed by atoms with Crippen LogP contribution in [0, 0.1) is 5.82 Å². The van der Waals surface area contributed by atoms with Crippen LogP contribution >= 0.6 is 15.9 Å². The molecule has 1 heterocycles. The number of halogens is 2. The van der Waals surface area contributed by atoms with Gasteiger partial charge in [-0.3, -0.25) is 0 Å². The maximum absolute atomic E-state index is 13.2. The van der Waals surface area contributed by atoms with Crippen LogP contribution in [0.25, 0.3) is 0 Å². The average Bonchev–Trinajstić information content (AvgIpc) is 2.77. The fourth-order valence-corrected chi connectivity index (χ4v) is 1.67. The fourth-order valence-electron chi connectivity index (χ4n) is 1.26. The summed E-state index contributed by atoms with van der Waals surface area (Å²) in [4.78, 5) is 3.86. The van der Waals surface area contributed by atoms with Gasteiger partial charge in [-0.25, -0.2) is 4.39 Å². The molecule has 4 nitrogen and oxygen atoms in total. The monoisotopic (exact) mass is 285 g/mol. The molecular formula is C10H9BrFN3O. The first-order valence-corrected chi connectivity index (χ1v) is 5.45. The van der Waals surface area contributed by atoms with Crippen molar-refractivity contribution < 1.29 is 8.91 Å². The molecule has 0 aliphatic carbocycles. The minimum absolute atomic E-state index is 0.265. The van der Waals surface area contributed by atoms with Gasteiger partial charge in [-0.05, 0) is 27.6 Å². The van der Waals surface area contributed by atoms with Crippen molar-refractivity contribution in [1.29, 1.82) is 0 Å². The summed E-state index contributed by atoms with van der Waals surface area (Å²) in [5, 5.41) is 6.74. The summed E-state index contributed by atoms with van der Waals surface area (Å²) in [7, 11) is 0. The van der Waals surface area contributed by atoms with E-state index >= 15 is 0 Å². The number of rotatable bonds is 4. The molecule has 16 heavy (non-hydrogen) atoms. The topological polar surface area (TPSA) is 51.0 Å². The Morgan fingerprint density at radius 2 is 2.25 bits per heavy atom. The van der Waals surface area contributed by atoms with Crippen molar-refractivity contribution >= 4 is 15.9 Å². The van der Waals surface area contributed by atoms with Crippen molar-refractivity contribution in [2.45, 2.75) is 13.1 Å². The SMILES string of the molecule is Fc1cccc(CNCc2ncon2)c1Br. The van der Waals surface area contributed by atoms with Crippen molar-refractivity contribution in [2.24, 2.45) is 0 Å². The molecule has 0 radical (unpaired) electrons. The molecule has 0 bridgehead atoms. The first-order chi connectivity index (χ1) is 7.77. The van der Waals surface area contributed by atoms with Gasteiger partial charge >= 0.3 is 0 Å². The predicted molar refractivity (Wildman–Crippen MR) is 58.9 cm³/mol. The summed E-state index contributed by atoms with van der Waals surface area (Å²) >= 11 is 3.19. The number of hydrogen-bond donors (Lipinski definition) is 1. The van der Waals surface area contributed by atoms with Crippen LogP contribution in [0.3, 0.4) is 0 Å². The second-order valence-corrected chi connectivity index (χ2v) is 3.96. The van der Waals surface area contributed by atoms with Crippen LogP contribution in [0.4, 0.5) is 4.39 Å². The normalized spacial score (nSPS) is 10.6. The maximum Gasteiger partial charge on any atom is 0.213 e. The molecule has 1 aromatic heterocycles. The Labute approximate surface area is 100.0 Å². The van der Waals surface area contributed by atoms with E-state index in [0.29, 0.717) is 23.4 Å². The van der Waals surface area contributed by atoms with Gasteiger partial charge in [0, 0.05) is 6.54 Å². The zero-order valence-electron chi connectivity index (χ0n) is 8.28. The van der Waals surface area contributed by atoms with Gasteiger partial charge in [0.2, 0.25) is 6.39 Å². The summed E-state index contributed by atoms with van der Waals surface area (Å²) < 4.78 is 18.2. The Hall–Kier alpha value is -1.27. The van der Waals surface area contributed by atoms with E-state index in [1.54, 1.807) is 6.07 Å². The Bertz CT molecular complexity index is 461. The molecule has 6 heteroatoms.